The maximum absolute atomic E-state index is 10.4. The summed E-state index contributed by atoms with van der Waals surface area (Å²) < 4.78 is 0. The van der Waals surface area contributed by atoms with Gasteiger partial charge in [-0.3, -0.25) is 9.89 Å². The van der Waals surface area contributed by atoms with Crippen LogP contribution in [0.3, 0.4) is 0 Å². The fourth-order valence-corrected chi connectivity index (χ4v) is 2.74. The number of benzene rings is 1. The lowest BCUT2D eigenvalue weighted by Crippen LogP contribution is -1.94. The molecule has 0 atom stereocenters. The van der Waals surface area contributed by atoms with Crippen molar-refractivity contribution in [2.24, 2.45) is 0 Å². The van der Waals surface area contributed by atoms with Crippen LogP contribution in [0, 0.1) is 0 Å². The highest BCUT2D eigenvalue weighted by molar-refractivity contribution is 7.99. The molecule has 8 heteroatoms. The molecule has 0 aliphatic carbocycles. The van der Waals surface area contributed by atoms with Crippen LogP contribution in [0.1, 0.15) is 12.8 Å². The first-order chi connectivity index (χ1) is 9.56. The first kappa shape index (κ1) is 15.2. The summed E-state index contributed by atoms with van der Waals surface area (Å²) in [5.74, 6) is 0.416. The van der Waals surface area contributed by atoms with E-state index in [0.717, 1.165) is 5.56 Å². The number of H-pyrrole nitrogens is 1. The maximum atomic E-state index is 10.4. The Hall–Kier alpha value is -1.24. The van der Waals surface area contributed by atoms with Crippen molar-refractivity contribution < 1.29 is 9.90 Å². The van der Waals surface area contributed by atoms with E-state index in [1.807, 2.05) is 0 Å². The molecule has 0 bridgehead atoms. The van der Waals surface area contributed by atoms with E-state index in [-0.39, 0.29) is 6.42 Å². The molecule has 1 aromatic heterocycles. The molecule has 1 aromatic carbocycles. The smallest absolute Gasteiger partial charge is 0.303 e. The van der Waals surface area contributed by atoms with Crippen molar-refractivity contribution >= 4 is 40.9 Å². The summed E-state index contributed by atoms with van der Waals surface area (Å²) in [7, 11) is 0. The number of nitrogens with zero attached hydrogens (tertiary/aromatic N) is 2. The average Bonchev–Trinajstić information content (AvgIpc) is 2.83. The zero-order valence-electron chi connectivity index (χ0n) is 10.3. The van der Waals surface area contributed by atoms with Gasteiger partial charge in [0.2, 0.25) is 5.16 Å². The van der Waals surface area contributed by atoms with E-state index in [1.54, 1.807) is 18.2 Å². The van der Waals surface area contributed by atoms with Crippen LogP contribution in [0.25, 0.3) is 11.4 Å². The number of aliphatic carboxylic acids is 1. The fourth-order valence-electron chi connectivity index (χ4n) is 1.50. The molecule has 1 heterocycles. The van der Waals surface area contributed by atoms with Gasteiger partial charge < -0.3 is 5.11 Å². The number of hydrogen-bond acceptors (Lipinski definition) is 4. The van der Waals surface area contributed by atoms with Gasteiger partial charge in [-0.25, -0.2) is 4.98 Å². The minimum absolute atomic E-state index is 0.146. The van der Waals surface area contributed by atoms with Gasteiger partial charge in [0, 0.05) is 22.8 Å². The van der Waals surface area contributed by atoms with E-state index in [4.69, 9.17) is 28.3 Å². The monoisotopic (exact) mass is 331 g/mol. The largest absolute Gasteiger partial charge is 0.481 e. The second-order valence-electron chi connectivity index (χ2n) is 3.94. The lowest BCUT2D eigenvalue weighted by Gasteiger charge is -1.99. The van der Waals surface area contributed by atoms with E-state index in [2.05, 4.69) is 15.2 Å². The number of nitrogens with one attached hydrogen (secondary N) is 1. The van der Waals surface area contributed by atoms with Crippen molar-refractivity contribution in [3.63, 3.8) is 0 Å². The number of rotatable bonds is 6. The Labute approximate surface area is 129 Å². The minimum atomic E-state index is -0.797. The molecule has 2 rings (SSSR count). The van der Waals surface area contributed by atoms with Crippen molar-refractivity contribution in [2.45, 2.75) is 18.0 Å². The summed E-state index contributed by atoms with van der Waals surface area (Å²) >= 11 is 13.3. The molecule has 2 N–H and O–H groups in total. The normalized spacial score (nSPS) is 10.7. The molecule has 0 radical (unpaired) electrons. The average molecular weight is 332 g/mol. The number of hydrogen-bond donors (Lipinski definition) is 2. The van der Waals surface area contributed by atoms with E-state index in [0.29, 0.717) is 33.2 Å². The van der Waals surface area contributed by atoms with Crippen LogP contribution in [0.5, 0.6) is 0 Å². The molecule has 0 unspecified atom stereocenters. The zero-order valence-corrected chi connectivity index (χ0v) is 12.6. The molecule has 5 nitrogen and oxygen atoms in total. The quantitative estimate of drug-likeness (QED) is 0.622. The topological polar surface area (TPSA) is 78.9 Å². The Kier molecular flexibility index (Phi) is 5.28. The Morgan fingerprint density at radius 1 is 1.40 bits per heavy atom. The Morgan fingerprint density at radius 2 is 2.20 bits per heavy atom. The number of aromatic nitrogens is 3. The van der Waals surface area contributed by atoms with E-state index < -0.39 is 5.97 Å². The van der Waals surface area contributed by atoms with E-state index >= 15 is 0 Å². The molecule has 0 saturated carbocycles. The highest BCUT2D eigenvalue weighted by Crippen LogP contribution is 2.29. The van der Waals surface area contributed by atoms with Crippen LogP contribution in [-0.2, 0) is 4.79 Å². The Morgan fingerprint density at radius 3 is 2.90 bits per heavy atom. The molecule has 20 heavy (non-hydrogen) atoms. The van der Waals surface area contributed by atoms with E-state index in [9.17, 15) is 4.79 Å². The Balaban J connectivity index is 1.99. The van der Waals surface area contributed by atoms with Crippen molar-refractivity contribution in [1.29, 1.82) is 0 Å². The molecular weight excluding hydrogens is 321 g/mol. The molecule has 106 valence electrons. The van der Waals surface area contributed by atoms with Crippen LogP contribution in [0.4, 0.5) is 0 Å². The predicted molar refractivity (Wildman–Crippen MR) is 79.4 cm³/mol. The van der Waals surface area contributed by atoms with Gasteiger partial charge in [-0.15, -0.1) is 5.10 Å². The highest BCUT2D eigenvalue weighted by atomic mass is 35.5. The first-order valence-electron chi connectivity index (χ1n) is 5.78. The van der Waals surface area contributed by atoms with Gasteiger partial charge in [0.25, 0.3) is 0 Å². The Bertz CT molecular complexity index is 618. The van der Waals surface area contributed by atoms with Gasteiger partial charge in [-0.05, 0) is 24.6 Å². The van der Waals surface area contributed by atoms with Crippen molar-refractivity contribution in [2.75, 3.05) is 5.75 Å². The molecule has 0 saturated heterocycles. The first-order valence-corrected chi connectivity index (χ1v) is 7.53. The summed E-state index contributed by atoms with van der Waals surface area (Å²) in [5.41, 5.74) is 0.723. The van der Waals surface area contributed by atoms with Crippen LogP contribution in [0.2, 0.25) is 10.0 Å². The SMILES string of the molecule is O=C(O)CCCSc1n[nH]c(-c2ccc(Cl)cc2Cl)n1. The van der Waals surface area contributed by atoms with Gasteiger partial charge in [-0.2, -0.15) is 0 Å². The van der Waals surface area contributed by atoms with E-state index in [1.165, 1.54) is 11.8 Å². The third kappa shape index (κ3) is 4.13. The van der Waals surface area contributed by atoms with Crippen LogP contribution < -0.4 is 0 Å². The van der Waals surface area contributed by atoms with Crippen LogP contribution in [0.15, 0.2) is 23.4 Å². The lowest BCUT2D eigenvalue weighted by molar-refractivity contribution is -0.137. The zero-order chi connectivity index (χ0) is 14.5. The van der Waals surface area contributed by atoms with Gasteiger partial charge in [-0.1, -0.05) is 35.0 Å². The van der Waals surface area contributed by atoms with Gasteiger partial charge in [0.05, 0.1) is 5.02 Å². The molecular formula is C12H11Cl2N3O2S. The highest BCUT2D eigenvalue weighted by Gasteiger charge is 2.10. The number of carboxylic acids is 1. The number of halogens is 2. The van der Waals surface area contributed by atoms with Gasteiger partial charge >= 0.3 is 5.97 Å². The molecule has 0 spiro atoms. The molecule has 0 aliphatic rings. The van der Waals surface area contributed by atoms with Crippen LogP contribution >= 0.6 is 35.0 Å². The van der Waals surface area contributed by atoms with Crippen molar-refractivity contribution in [3.05, 3.63) is 28.2 Å². The fraction of sp³-hybridized carbons (Fsp3) is 0.250. The summed E-state index contributed by atoms with van der Waals surface area (Å²) in [6.45, 7) is 0. The molecule has 0 fully saturated rings. The second kappa shape index (κ2) is 6.97. The summed E-state index contributed by atoms with van der Waals surface area (Å²) in [5, 5.41) is 17.0. The summed E-state index contributed by atoms with van der Waals surface area (Å²) in [4.78, 5) is 14.7. The number of carbonyl (C=O) groups is 1. The second-order valence-corrected chi connectivity index (χ2v) is 5.84. The standard InChI is InChI=1S/C12H11Cl2N3O2S/c13-7-3-4-8(9(14)6-7)11-15-12(17-16-11)20-5-1-2-10(18)19/h3-4,6H,1-2,5H2,(H,18,19)(H,15,16,17). The third-order valence-corrected chi connectivity index (χ3v) is 3.90. The maximum Gasteiger partial charge on any atom is 0.303 e. The minimum Gasteiger partial charge on any atom is -0.481 e. The lowest BCUT2D eigenvalue weighted by atomic mass is 10.2. The number of aromatic amines is 1. The van der Waals surface area contributed by atoms with Crippen LogP contribution in [-0.4, -0.2) is 32.0 Å². The summed E-state index contributed by atoms with van der Waals surface area (Å²) in [6, 6.07) is 5.13. The third-order valence-electron chi connectivity index (χ3n) is 2.42. The molecule has 2 aromatic rings. The summed E-state index contributed by atoms with van der Waals surface area (Å²) in [6.07, 6.45) is 0.721. The molecule has 0 aliphatic heterocycles. The molecule has 0 amide bonds. The number of carboxylic acid groups (broad SMARTS) is 1. The van der Waals surface area contributed by atoms with Crippen molar-refractivity contribution in [3.8, 4) is 11.4 Å². The predicted octanol–water partition coefficient (Wildman–Crippen LogP) is 3.74. The van der Waals surface area contributed by atoms with Crippen molar-refractivity contribution in [1.82, 2.24) is 15.2 Å². The van der Waals surface area contributed by atoms with Gasteiger partial charge in [0.1, 0.15) is 0 Å². The number of thioether (sulfide) groups is 1. The van der Waals surface area contributed by atoms with Gasteiger partial charge in [0.15, 0.2) is 5.82 Å².